The van der Waals surface area contributed by atoms with Crippen LogP contribution in [-0.4, -0.2) is 12.5 Å². The number of benzene rings is 1. The van der Waals surface area contributed by atoms with E-state index in [1.807, 2.05) is 18.2 Å². The molecular weight excluding hydrogens is 228 g/mol. The van der Waals surface area contributed by atoms with Crippen molar-refractivity contribution in [3.8, 4) is 0 Å². The molecule has 2 aromatic rings. The molecule has 92 valence electrons. The molecule has 0 radical (unpaired) electrons. The number of nitrogens with zero attached hydrogens (tertiary/aromatic N) is 1. The van der Waals surface area contributed by atoms with E-state index in [1.165, 1.54) is 11.8 Å². The molecule has 2 N–H and O–H groups in total. The summed E-state index contributed by atoms with van der Waals surface area (Å²) in [4.78, 5) is 14.1. The van der Waals surface area contributed by atoms with E-state index in [-0.39, 0.29) is 11.7 Å². The van der Waals surface area contributed by atoms with E-state index in [0.717, 1.165) is 18.5 Å². The molecule has 0 spiro atoms. The summed E-state index contributed by atoms with van der Waals surface area (Å²) in [6, 6.07) is 9.55. The van der Waals surface area contributed by atoms with Gasteiger partial charge in [0.15, 0.2) is 0 Å². The van der Waals surface area contributed by atoms with Crippen molar-refractivity contribution in [3.05, 3.63) is 47.9 Å². The smallest absolute Gasteiger partial charge is 0.296 e. The van der Waals surface area contributed by atoms with E-state index >= 15 is 0 Å². The minimum Gasteiger partial charge on any atom is -0.457 e. The molecule has 0 saturated heterocycles. The van der Waals surface area contributed by atoms with Crippen molar-refractivity contribution in [2.75, 3.05) is 17.2 Å². The van der Waals surface area contributed by atoms with Gasteiger partial charge in [0, 0.05) is 18.3 Å². The van der Waals surface area contributed by atoms with Crippen molar-refractivity contribution in [2.24, 2.45) is 0 Å². The number of amides is 1. The summed E-state index contributed by atoms with van der Waals surface area (Å²) in [5.41, 5.74) is 8.28. The summed E-state index contributed by atoms with van der Waals surface area (Å²) in [7, 11) is 0. The third-order valence-corrected chi connectivity index (χ3v) is 3.25. The summed E-state index contributed by atoms with van der Waals surface area (Å²) in [6.45, 7) is 0.704. The van der Waals surface area contributed by atoms with Crippen LogP contribution in [0.3, 0.4) is 0 Å². The van der Waals surface area contributed by atoms with E-state index in [9.17, 15) is 4.79 Å². The average Bonchev–Trinajstić information content (AvgIpc) is 2.83. The SMILES string of the molecule is Nc1ccoc1C(=O)N1CCCc2ccccc21. The quantitative estimate of drug-likeness (QED) is 0.835. The van der Waals surface area contributed by atoms with Crippen LogP contribution in [0.1, 0.15) is 22.5 Å². The van der Waals surface area contributed by atoms with Gasteiger partial charge in [-0.25, -0.2) is 0 Å². The lowest BCUT2D eigenvalue weighted by Crippen LogP contribution is -2.35. The van der Waals surface area contributed by atoms with Crippen LogP contribution in [0.5, 0.6) is 0 Å². The van der Waals surface area contributed by atoms with Gasteiger partial charge in [0.05, 0.1) is 12.0 Å². The van der Waals surface area contributed by atoms with Crippen molar-refractivity contribution in [2.45, 2.75) is 12.8 Å². The van der Waals surface area contributed by atoms with Gasteiger partial charge in [0.2, 0.25) is 5.76 Å². The summed E-state index contributed by atoms with van der Waals surface area (Å²) in [5, 5.41) is 0. The second-order valence-electron chi connectivity index (χ2n) is 4.39. The highest BCUT2D eigenvalue weighted by molar-refractivity contribution is 6.07. The molecule has 0 aliphatic carbocycles. The first kappa shape index (κ1) is 10.9. The normalized spacial score (nSPS) is 14.3. The van der Waals surface area contributed by atoms with Crippen molar-refractivity contribution < 1.29 is 9.21 Å². The number of carbonyl (C=O) groups is 1. The Morgan fingerprint density at radius 1 is 1.28 bits per heavy atom. The number of anilines is 2. The van der Waals surface area contributed by atoms with Gasteiger partial charge in [-0.15, -0.1) is 0 Å². The minimum absolute atomic E-state index is 0.162. The van der Waals surface area contributed by atoms with Crippen LogP contribution in [0, 0.1) is 0 Å². The molecule has 4 heteroatoms. The molecular formula is C14H14N2O2. The predicted octanol–water partition coefficient (Wildman–Crippen LogP) is 2.45. The molecule has 0 atom stereocenters. The Bertz CT molecular complexity index is 589. The zero-order valence-electron chi connectivity index (χ0n) is 9.93. The van der Waals surface area contributed by atoms with Gasteiger partial charge >= 0.3 is 0 Å². The minimum atomic E-state index is -0.162. The number of nitrogens with two attached hydrogens (primary N) is 1. The Balaban J connectivity index is 2.00. The fraction of sp³-hybridized carbons (Fsp3) is 0.214. The topological polar surface area (TPSA) is 59.5 Å². The van der Waals surface area contributed by atoms with Crippen LogP contribution in [0.4, 0.5) is 11.4 Å². The van der Waals surface area contributed by atoms with Crippen molar-refractivity contribution in [1.82, 2.24) is 0 Å². The second-order valence-corrected chi connectivity index (χ2v) is 4.39. The molecule has 1 aliphatic rings. The molecule has 1 amide bonds. The van der Waals surface area contributed by atoms with Gasteiger partial charge in [0.1, 0.15) is 0 Å². The average molecular weight is 242 g/mol. The Morgan fingerprint density at radius 2 is 2.11 bits per heavy atom. The zero-order chi connectivity index (χ0) is 12.5. The van der Waals surface area contributed by atoms with E-state index < -0.39 is 0 Å². The largest absolute Gasteiger partial charge is 0.457 e. The van der Waals surface area contributed by atoms with Crippen LogP contribution in [0.2, 0.25) is 0 Å². The van der Waals surface area contributed by atoms with Gasteiger partial charge in [0.25, 0.3) is 5.91 Å². The summed E-state index contributed by atoms with van der Waals surface area (Å²) >= 11 is 0. The number of fused-ring (bicyclic) bond motifs is 1. The molecule has 1 aromatic heterocycles. The number of aryl methyl sites for hydroxylation is 1. The first-order valence-corrected chi connectivity index (χ1v) is 6.00. The lowest BCUT2D eigenvalue weighted by atomic mass is 10.0. The van der Waals surface area contributed by atoms with Crippen molar-refractivity contribution in [1.29, 1.82) is 0 Å². The van der Waals surface area contributed by atoms with Crippen LogP contribution in [-0.2, 0) is 6.42 Å². The molecule has 1 aliphatic heterocycles. The Kier molecular flexibility index (Phi) is 2.55. The van der Waals surface area contributed by atoms with Gasteiger partial charge < -0.3 is 15.1 Å². The lowest BCUT2D eigenvalue weighted by molar-refractivity contribution is 0.0959. The number of hydrogen-bond acceptors (Lipinski definition) is 3. The molecule has 2 heterocycles. The fourth-order valence-corrected chi connectivity index (χ4v) is 2.36. The van der Waals surface area contributed by atoms with E-state index in [2.05, 4.69) is 6.07 Å². The maximum atomic E-state index is 12.4. The monoisotopic (exact) mass is 242 g/mol. The number of hydrogen-bond donors (Lipinski definition) is 1. The predicted molar refractivity (Wildman–Crippen MR) is 69.6 cm³/mol. The first-order valence-electron chi connectivity index (χ1n) is 6.00. The number of furan rings is 1. The Hall–Kier alpha value is -2.23. The number of para-hydroxylation sites is 1. The summed E-state index contributed by atoms with van der Waals surface area (Å²) < 4.78 is 5.18. The second kappa shape index (κ2) is 4.22. The standard InChI is InChI=1S/C14H14N2O2/c15-11-7-9-18-13(11)14(17)16-8-3-5-10-4-1-2-6-12(10)16/h1-2,4,6-7,9H,3,5,8,15H2. The molecule has 18 heavy (non-hydrogen) atoms. The number of nitrogen functional groups attached to an aromatic ring is 1. The van der Waals surface area contributed by atoms with E-state index in [1.54, 1.807) is 11.0 Å². The van der Waals surface area contributed by atoms with Gasteiger partial charge in [-0.05, 0) is 24.5 Å². The lowest BCUT2D eigenvalue weighted by Gasteiger charge is -2.28. The van der Waals surface area contributed by atoms with Crippen molar-refractivity contribution >= 4 is 17.3 Å². The molecule has 0 bridgehead atoms. The molecule has 4 nitrogen and oxygen atoms in total. The maximum absolute atomic E-state index is 12.4. The third-order valence-electron chi connectivity index (χ3n) is 3.25. The molecule has 0 unspecified atom stereocenters. The first-order chi connectivity index (χ1) is 8.77. The van der Waals surface area contributed by atoms with Gasteiger partial charge in [-0.1, -0.05) is 18.2 Å². The summed E-state index contributed by atoms with van der Waals surface area (Å²) in [6.07, 6.45) is 3.41. The van der Waals surface area contributed by atoms with Crippen molar-refractivity contribution in [3.63, 3.8) is 0 Å². The van der Waals surface area contributed by atoms with Crippen LogP contribution >= 0.6 is 0 Å². The molecule has 0 saturated carbocycles. The highest BCUT2D eigenvalue weighted by Gasteiger charge is 2.26. The highest BCUT2D eigenvalue weighted by atomic mass is 16.3. The number of carbonyl (C=O) groups excluding carboxylic acids is 1. The van der Waals surface area contributed by atoms with Gasteiger partial charge in [-0.3, -0.25) is 4.79 Å². The van der Waals surface area contributed by atoms with Gasteiger partial charge in [-0.2, -0.15) is 0 Å². The third kappa shape index (κ3) is 1.66. The summed E-state index contributed by atoms with van der Waals surface area (Å²) in [5.74, 6) is 0.0661. The fourth-order valence-electron chi connectivity index (χ4n) is 2.36. The molecule has 1 aromatic carbocycles. The Morgan fingerprint density at radius 3 is 2.89 bits per heavy atom. The van der Waals surface area contributed by atoms with E-state index in [0.29, 0.717) is 12.2 Å². The van der Waals surface area contributed by atoms with Crippen LogP contribution < -0.4 is 10.6 Å². The Labute approximate surface area is 105 Å². The molecule has 3 rings (SSSR count). The zero-order valence-corrected chi connectivity index (χ0v) is 9.93. The van der Waals surface area contributed by atoms with Crippen LogP contribution in [0.25, 0.3) is 0 Å². The van der Waals surface area contributed by atoms with Crippen LogP contribution in [0.15, 0.2) is 41.0 Å². The maximum Gasteiger partial charge on any atom is 0.296 e. The highest BCUT2D eigenvalue weighted by Crippen LogP contribution is 2.29. The number of rotatable bonds is 1. The molecule has 0 fully saturated rings. The van der Waals surface area contributed by atoms with E-state index in [4.69, 9.17) is 10.2 Å².